The first-order valence-corrected chi connectivity index (χ1v) is 10.6. The molecule has 2 amide bonds. The van der Waals surface area contributed by atoms with Gasteiger partial charge in [-0.05, 0) is 55.3 Å². The van der Waals surface area contributed by atoms with Crippen LogP contribution in [0.1, 0.15) is 37.4 Å². The standard InChI is InChI=1S/C25H24FN5O3/c1-14-4-7-21(28-13-14)29-25(33)18-10-15(2)11-20(34-3)22(18)30-24(32)17-6-5-16(12-19(17)26)23(27)31-8-9-31/h4-7,10-13,27H,8-9H2,1-3H3,(H,30,32)(H,28,29,33). The Hall–Kier alpha value is -4.27. The predicted octanol–water partition coefficient (Wildman–Crippen LogP) is 3.99. The average molecular weight is 461 g/mol. The van der Waals surface area contributed by atoms with E-state index in [9.17, 15) is 14.0 Å². The third kappa shape index (κ3) is 4.88. The topological polar surface area (TPSA) is 107 Å². The molecule has 0 radical (unpaired) electrons. The molecule has 0 saturated carbocycles. The fourth-order valence-corrected chi connectivity index (χ4v) is 3.43. The average Bonchev–Trinajstić information content (AvgIpc) is 3.66. The minimum Gasteiger partial charge on any atom is -0.495 e. The van der Waals surface area contributed by atoms with Gasteiger partial charge >= 0.3 is 0 Å². The summed E-state index contributed by atoms with van der Waals surface area (Å²) in [6, 6.07) is 10.8. The molecule has 0 aliphatic carbocycles. The fraction of sp³-hybridized carbons (Fsp3) is 0.200. The molecule has 4 rings (SSSR count). The lowest BCUT2D eigenvalue weighted by Gasteiger charge is -2.16. The number of carbonyl (C=O) groups is 2. The number of amidine groups is 1. The van der Waals surface area contributed by atoms with Crippen LogP contribution < -0.4 is 15.4 Å². The van der Waals surface area contributed by atoms with Crippen molar-refractivity contribution in [2.75, 3.05) is 30.8 Å². The Balaban J connectivity index is 1.63. The van der Waals surface area contributed by atoms with E-state index in [1.54, 1.807) is 36.2 Å². The maximum absolute atomic E-state index is 14.8. The molecule has 9 heteroatoms. The molecule has 34 heavy (non-hydrogen) atoms. The van der Waals surface area contributed by atoms with Crippen LogP contribution in [0.3, 0.4) is 0 Å². The Morgan fingerprint density at radius 2 is 1.74 bits per heavy atom. The summed E-state index contributed by atoms with van der Waals surface area (Å²) >= 11 is 0. The molecule has 2 aromatic carbocycles. The Bertz CT molecular complexity index is 1290. The Morgan fingerprint density at radius 3 is 2.35 bits per heavy atom. The van der Waals surface area contributed by atoms with Gasteiger partial charge in [0.15, 0.2) is 0 Å². The van der Waals surface area contributed by atoms with Gasteiger partial charge in [-0.15, -0.1) is 0 Å². The van der Waals surface area contributed by atoms with Gasteiger partial charge in [-0.3, -0.25) is 15.0 Å². The summed E-state index contributed by atoms with van der Waals surface area (Å²) in [5.41, 5.74) is 2.12. The highest BCUT2D eigenvalue weighted by atomic mass is 19.1. The summed E-state index contributed by atoms with van der Waals surface area (Å²) < 4.78 is 20.2. The number of anilines is 2. The lowest BCUT2D eigenvalue weighted by atomic mass is 10.1. The van der Waals surface area contributed by atoms with Crippen molar-refractivity contribution >= 4 is 29.2 Å². The number of carbonyl (C=O) groups excluding carboxylic acids is 2. The number of nitrogens with zero attached hydrogens (tertiary/aromatic N) is 2. The van der Waals surface area contributed by atoms with E-state index in [2.05, 4.69) is 15.6 Å². The van der Waals surface area contributed by atoms with Crippen LogP contribution in [0.15, 0.2) is 48.7 Å². The van der Waals surface area contributed by atoms with Crippen molar-refractivity contribution in [2.45, 2.75) is 13.8 Å². The minimum absolute atomic E-state index is 0.114. The van der Waals surface area contributed by atoms with Crippen molar-refractivity contribution in [2.24, 2.45) is 0 Å². The van der Waals surface area contributed by atoms with Crippen molar-refractivity contribution in [3.8, 4) is 5.75 Å². The van der Waals surface area contributed by atoms with Gasteiger partial charge in [-0.25, -0.2) is 9.37 Å². The first-order chi connectivity index (χ1) is 16.3. The number of methoxy groups -OCH3 is 1. The molecule has 3 N–H and O–H groups in total. The molecule has 0 unspecified atom stereocenters. The van der Waals surface area contributed by atoms with Gasteiger partial charge in [0.05, 0.1) is 23.9 Å². The molecule has 1 aliphatic heterocycles. The zero-order valence-electron chi connectivity index (χ0n) is 19.0. The zero-order chi connectivity index (χ0) is 24.4. The molecular formula is C25H24FN5O3. The lowest BCUT2D eigenvalue weighted by Crippen LogP contribution is -2.21. The van der Waals surface area contributed by atoms with E-state index in [4.69, 9.17) is 10.1 Å². The van der Waals surface area contributed by atoms with Crippen molar-refractivity contribution in [3.63, 3.8) is 0 Å². The third-order valence-corrected chi connectivity index (χ3v) is 5.35. The molecule has 0 atom stereocenters. The van der Waals surface area contributed by atoms with E-state index in [-0.39, 0.29) is 28.4 Å². The summed E-state index contributed by atoms with van der Waals surface area (Å²) in [4.78, 5) is 32.0. The van der Waals surface area contributed by atoms with E-state index in [0.717, 1.165) is 24.2 Å². The smallest absolute Gasteiger partial charge is 0.259 e. The number of amides is 2. The van der Waals surface area contributed by atoms with Gasteiger partial charge in [0.25, 0.3) is 11.8 Å². The summed E-state index contributed by atoms with van der Waals surface area (Å²) in [6.07, 6.45) is 1.63. The number of aryl methyl sites for hydroxylation is 2. The predicted molar refractivity (Wildman–Crippen MR) is 127 cm³/mol. The van der Waals surface area contributed by atoms with Crippen LogP contribution in [0.25, 0.3) is 0 Å². The van der Waals surface area contributed by atoms with Crippen LogP contribution in [0.4, 0.5) is 15.9 Å². The Kier molecular flexibility index (Phi) is 6.27. The van der Waals surface area contributed by atoms with Crippen molar-refractivity contribution in [1.82, 2.24) is 9.88 Å². The summed E-state index contributed by atoms with van der Waals surface area (Å²) in [6.45, 7) is 5.20. The monoisotopic (exact) mass is 461 g/mol. The Morgan fingerprint density at radius 1 is 1.00 bits per heavy atom. The van der Waals surface area contributed by atoms with Crippen molar-refractivity contribution < 1.29 is 18.7 Å². The summed E-state index contributed by atoms with van der Waals surface area (Å²) in [5, 5.41) is 13.4. The number of hydrogen-bond donors (Lipinski definition) is 3. The molecule has 8 nitrogen and oxygen atoms in total. The molecule has 174 valence electrons. The second kappa shape index (κ2) is 9.30. The van der Waals surface area contributed by atoms with Crippen LogP contribution in [0, 0.1) is 25.1 Å². The van der Waals surface area contributed by atoms with Crippen LogP contribution >= 0.6 is 0 Å². The highest BCUT2D eigenvalue weighted by Crippen LogP contribution is 2.32. The molecule has 1 aromatic heterocycles. The van der Waals surface area contributed by atoms with Crippen LogP contribution in [-0.4, -0.2) is 47.7 Å². The zero-order valence-corrected chi connectivity index (χ0v) is 19.0. The molecule has 2 heterocycles. The lowest BCUT2D eigenvalue weighted by molar-refractivity contribution is 0.102. The van der Waals surface area contributed by atoms with Gasteiger partial charge < -0.3 is 20.3 Å². The molecule has 0 spiro atoms. The number of hydrogen-bond acceptors (Lipinski definition) is 5. The number of benzene rings is 2. The highest BCUT2D eigenvalue weighted by Gasteiger charge is 2.25. The summed E-state index contributed by atoms with van der Waals surface area (Å²) in [7, 11) is 1.42. The largest absolute Gasteiger partial charge is 0.495 e. The first-order valence-electron chi connectivity index (χ1n) is 10.6. The number of aromatic nitrogens is 1. The number of halogens is 1. The van der Waals surface area contributed by atoms with E-state index in [1.165, 1.54) is 25.3 Å². The first kappa shape index (κ1) is 22.9. The van der Waals surface area contributed by atoms with Gasteiger partial charge in [-0.2, -0.15) is 0 Å². The van der Waals surface area contributed by atoms with Gasteiger partial charge in [0.1, 0.15) is 23.2 Å². The van der Waals surface area contributed by atoms with Gasteiger partial charge in [-0.1, -0.05) is 12.1 Å². The van der Waals surface area contributed by atoms with Crippen molar-refractivity contribution in [1.29, 1.82) is 5.41 Å². The van der Waals surface area contributed by atoms with E-state index < -0.39 is 17.6 Å². The van der Waals surface area contributed by atoms with Crippen LogP contribution in [0.2, 0.25) is 0 Å². The van der Waals surface area contributed by atoms with Gasteiger partial charge in [0, 0.05) is 24.8 Å². The maximum Gasteiger partial charge on any atom is 0.259 e. The molecule has 0 bridgehead atoms. The number of ether oxygens (including phenoxy) is 1. The molecule has 1 fully saturated rings. The second-order valence-electron chi connectivity index (χ2n) is 8.05. The van der Waals surface area contributed by atoms with Crippen LogP contribution in [0.5, 0.6) is 5.75 Å². The molecular weight excluding hydrogens is 437 g/mol. The normalized spacial score (nSPS) is 12.2. The molecule has 1 saturated heterocycles. The molecule has 3 aromatic rings. The highest BCUT2D eigenvalue weighted by molar-refractivity contribution is 6.14. The van der Waals surface area contributed by atoms with E-state index in [1.807, 2.05) is 13.0 Å². The second-order valence-corrected chi connectivity index (χ2v) is 8.05. The fourth-order valence-electron chi connectivity index (χ4n) is 3.43. The quantitative estimate of drug-likeness (QED) is 0.292. The Labute approximate surface area is 196 Å². The molecule has 1 aliphatic rings. The van der Waals surface area contributed by atoms with Crippen molar-refractivity contribution in [3.05, 3.63) is 82.3 Å². The third-order valence-electron chi connectivity index (χ3n) is 5.35. The SMILES string of the molecule is COc1cc(C)cc(C(=O)Nc2ccc(C)cn2)c1NC(=O)c1ccc(C(=N)N2CC2)cc1F. The summed E-state index contributed by atoms with van der Waals surface area (Å²) in [5.74, 6) is -1.18. The van der Waals surface area contributed by atoms with E-state index >= 15 is 0 Å². The maximum atomic E-state index is 14.8. The number of rotatable bonds is 6. The van der Waals surface area contributed by atoms with Gasteiger partial charge in [0.2, 0.25) is 0 Å². The van der Waals surface area contributed by atoms with Crippen LogP contribution in [-0.2, 0) is 0 Å². The van der Waals surface area contributed by atoms with E-state index in [0.29, 0.717) is 11.4 Å². The number of nitrogens with one attached hydrogen (secondary N) is 3. The minimum atomic E-state index is -0.762. The number of pyridine rings is 1.